The Morgan fingerprint density at radius 3 is 2.88 bits per heavy atom. The van der Waals surface area contributed by atoms with Crippen LogP contribution in [0.3, 0.4) is 0 Å². The number of rotatable bonds is 3. The predicted octanol–water partition coefficient (Wildman–Crippen LogP) is 2.07. The number of hydrogen-bond donors (Lipinski definition) is 1. The molecule has 0 aliphatic heterocycles. The fourth-order valence-corrected chi connectivity index (χ4v) is 1.88. The Labute approximate surface area is 99.9 Å². The fraction of sp³-hybridized carbons (Fsp3) is 0.167. The van der Waals surface area contributed by atoms with Gasteiger partial charge in [0.1, 0.15) is 10.8 Å². The van der Waals surface area contributed by atoms with Gasteiger partial charge in [0.05, 0.1) is 5.69 Å². The number of aromatic nitrogens is 2. The van der Waals surface area contributed by atoms with E-state index in [1.165, 1.54) is 0 Å². The van der Waals surface area contributed by atoms with Gasteiger partial charge in [0.15, 0.2) is 0 Å². The zero-order valence-corrected chi connectivity index (χ0v) is 9.87. The third-order valence-electron chi connectivity index (χ3n) is 2.46. The molecule has 0 spiro atoms. The molecule has 3 nitrogen and oxygen atoms in total. The van der Waals surface area contributed by atoms with E-state index in [1.54, 1.807) is 6.20 Å². The molecule has 2 N–H and O–H groups in total. The highest BCUT2D eigenvalue weighted by Crippen LogP contribution is 2.16. The highest BCUT2D eigenvalue weighted by atomic mass is 32.1. The van der Waals surface area contributed by atoms with Gasteiger partial charge in [-0.15, -0.1) is 0 Å². The van der Waals surface area contributed by atoms with Crippen molar-refractivity contribution in [2.75, 3.05) is 0 Å². The van der Waals surface area contributed by atoms with Crippen LogP contribution in [0, 0.1) is 0 Å². The summed E-state index contributed by atoms with van der Waals surface area (Å²) >= 11 is 5.05. The molecule has 2 rings (SSSR count). The highest BCUT2D eigenvalue weighted by Gasteiger charge is 2.08. The average Bonchev–Trinajstić information content (AvgIpc) is 2.76. The van der Waals surface area contributed by atoms with Crippen molar-refractivity contribution >= 4 is 17.2 Å². The minimum absolute atomic E-state index is 0.409. The van der Waals surface area contributed by atoms with Crippen LogP contribution in [-0.4, -0.2) is 14.5 Å². The first kappa shape index (κ1) is 10.8. The molecule has 0 amide bonds. The number of imidazole rings is 1. The van der Waals surface area contributed by atoms with Gasteiger partial charge in [0, 0.05) is 24.4 Å². The molecule has 0 radical (unpaired) electrons. The van der Waals surface area contributed by atoms with Crippen molar-refractivity contribution in [1.29, 1.82) is 0 Å². The quantitative estimate of drug-likeness (QED) is 0.822. The number of hydrogen-bond acceptors (Lipinski definition) is 2. The van der Waals surface area contributed by atoms with E-state index in [2.05, 4.69) is 11.9 Å². The molecule has 1 heterocycles. The summed E-state index contributed by atoms with van der Waals surface area (Å²) in [4.78, 5) is 4.70. The van der Waals surface area contributed by atoms with Crippen molar-refractivity contribution in [2.45, 2.75) is 13.3 Å². The van der Waals surface area contributed by atoms with Gasteiger partial charge in [-0.1, -0.05) is 31.3 Å². The molecule has 0 bridgehead atoms. The number of aryl methyl sites for hydroxylation is 1. The van der Waals surface area contributed by atoms with Crippen LogP contribution >= 0.6 is 12.2 Å². The summed E-state index contributed by atoms with van der Waals surface area (Å²) in [7, 11) is 0. The predicted molar refractivity (Wildman–Crippen MR) is 68.8 cm³/mol. The number of nitrogens with two attached hydrogens (primary N) is 1. The average molecular weight is 231 g/mol. The number of para-hydroxylation sites is 1. The topological polar surface area (TPSA) is 43.8 Å². The minimum Gasteiger partial charge on any atom is -0.389 e. The molecular weight excluding hydrogens is 218 g/mol. The normalized spacial score (nSPS) is 10.3. The molecule has 4 heteroatoms. The van der Waals surface area contributed by atoms with Gasteiger partial charge >= 0.3 is 0 Å². The molecule has 0 aliphatic carbocycles. The molecule has 0 saturated heterocycles. The summed E-state index contributed by atoms with van der Waals surface area (Å²) in [5, 5.41) is 0. The monoisotopic (exact) mass is 231 g/mol. The first-order chi connectivity index (χ1) is 7.74. The van der Waals surface area contributed by atoms with Crippen LogP contribution in [0.15, 0.2) is 36.7 Å². The van der Waals surface area contributed by atoms with Gasteiger partial charge in [-0.05, 0) is 12.1 Å². The second kappa shape index (κ2) is 4.45. The van der Waals surface area contributed by atoms with E-state index in [4.69, 9.17) is 18.0 Å². The molecule has 82 valence electrons. The smallest absolute Gasteiger partial charge is 0.112 e. The van der Waals surface area contributed by atoms with Gasteiger partial charge in [0.2, 0.25) is 0 Å². The standard InChI is InChI=1S/C12H13N3S/c1-2-11-14-7-8-15(11)10-6-4-3-5-9(10)12(13)16/h3-8H,2H2,1H3,(H2,13,16). The van der Waals surface area contributed by atoms with Gasteiger partial charge in [-0.3, -0.25) is 0 Å². The molecule has 2 aromatic rings. The zero-order valence-electron chi connectivity index (χ0n) is 9.05. The SMILES string of the molecule is CCc1nccn1-c1ccccc1C(N)=S. The Morgan fingerprint density at radius 1 is 1.44 bits per heavy atom. The summed E-state index contributed by atoms with van der Waals surface area (Å²) in [6, 6.07) is 7.82. The van der Waals surface area contributed by atoms with Crippen LogP contribution in [0.5, 0.6) is 0 Å². The molecule has 0 unspecified atom stereocenters. The van der Waals surface area contributed by atoms with Crippen LogP contribution in [0.2, 0.25) is 0 Å². The Kier molecular flexibility index (Phi) is 3.01. The number of thiocarbonyl (C=S) groups is 1. The summed E-state index contributed by atoms with van der Waals surface area (Å²) in [6.07, 6.45) is 4.59. The molecule has 0 aliphatic rings. The maximum absolute atomic E-state index is 5.71. The third-order valence-corrected chi connectivity index (χ3v) is 2.68. The summed E-state index contributed by atoms with van der Waals surface area (Å²) in [6.45, 7) is 2.07. The van der Waals surface area contributed by atoms with E-state index in [1.807, 2.05) is 35.0 Å². The second-order valence-electron chi connectivity index (χ2n) is 3.45. The first-order valence-electron chi connectivity index (χ1n) is 5.15. The van der Waals surface area contributed by atoms with Crippen molar-refractivity contribution in [1.82, 2.24) is 9.55 Å². The van der Waals surface area contributed by atoms with Crippen molar-refractivity contribution in [3.63, 3.8) is 0 Å². The van der Waals surface area contributed by atoms with Crippen LogP contribution in [0.25, 0.3) is 5.69 Å². The largest absolute Gasteiger partial charge is 0.389 e. The summed E-state index contributed by atoms with van der Waals surface area (Å²) in [5.41, 5.74) is 7.58. The van der Waals surface area contributed by atoms with Crippen LogP contribution in [-0.2, 0) is 6.42 Å². The molecule has 1 aromatic heterocycles. The van der Waals surface area contributed by atoms with Crippen molar-refractivity contribution in [3.05, 3.63) is 48.0 Å². The lowest BCUT2D eigenvalue weighted by Crippen LogP contribution is -2.13. The van der Waals surface area contributed by atoms with E-state index in [-0.39, 0.29) is 0 Å². The van der Waals surface area contributed by atoms with Crippen LogP contribution < -0.4 is 5.73 Å². The third kappa shape index (κ3) is 1.84. The van der Waals surface area contributed by atoms with Crippen LogP contribution in [0.4, 0.5) is 0 Å². The summed E-state index contributed by atoms with van der Waals surface area (Å²) in [5.74, 6) is 1.00. The first-order valence-corrected chi connectivity index (χ1v) is 5.56. The van der Waals surface area contributed by atoms with E-state index in [0.717, 1.165) is 23.5 Å². The van der Waals surface area contributed by atoms with E-state index < -0.39 is 0 Å². The minimum atomic E-state index is 0.409. The number of nitrogens with zero attached hydrogens (tertiary/aromatic N) is 2. The molecule has 0 atom stereocenters. The lowest BCUT2D eigenvalue weighted by Gasteiger charge is -2.11. The Balaban J connectivity index is 2.60. The molecule has 0 fully saturated rings. The van der Waals surface area contributed by atoms with E-state index in [0.29, 0.717) is 4.99 Å². The lowest BCUT2D eigenvalue weighted by molar-refractivity contribution is 0.890. The highest BCUT2D eigenvalue weighted by molar-refractivity contribution is 7.80. The van der Waals surface area contributed by atoms with Gasteiger partial charge in [0.25, 0.3) is 0 Å². The Morgan fingerprint density at radius 2 is 2.19 bits per heavy atom. The summed E-state index contributed by atoms with van der Waals surface area (Å²) < 4.78 is 2.02. The Hall–Kier alpha value is -1.68. The molecule has 16 heavy (non-hydrogen) atoms. The maximum Gasteiger partial charge on any atom is 0.112 e. The van der Waals surface area contributed by atoms with Crippen molar-refractivity contribution in [3.8, 4) is 5.69 Å². The number of benzene rings is 1. The van der Waals surface area contributed by atoms with E-state index in [9.17, 15) is 0 Å². The molecular formula is C12H13N3S. The van der Waals surface area contributed by atoms with E-state index >= 15 is 0 Å². The lowest BCUT2D eigenvalue weighted by atomic mass is 10.1. The second-order valence-corrected chi connectivity index (χ2v) is 3.89. The van der Waals surface area contributed by atoms with Gasteiger partial charge in [-0.2, -0.15) is 0 Å². The van der Waals surface area contributed by atoms with Crippen LogP contribution in [0.1, 0.15) is 18.3 Å². The van der Waals surface area contributed by atoms with Gasteiger partial charge in [-0.25, -0.2) is 4.98 Å². The van der Waals surface area contributed by atoms with Crippen molar-refractivity contribution < 1.29 is 0 Å². The van der Waals surface area contributed by atoms with Gasteiger partial charge < -0.3 is 10.3 Å². The van der Waals surface area contributed by atoms with Crippen molar-refractivity contribution in [2.24, 2.45) is 5.73 Å². The fourth-order valence-electron chi connectivity index (χ4n) is 1.71. The molecule has 0 saturated carbocycles. The molecule has 1 aromatic carbocycles. The zero-order chi connectivity index (χ0) is 11.5. The Bertz CT molecular complexity index is 516. The maximum atomic E-state index is 5.71.